The molecule has 3 N–H and O–H groups in total. The lowest BCUT2D eigenvalue weighted by atomic mass is 10.0. The van der Waals surface area contributed by atoms with E-state index in [2.05, 4.69) is 4.74 Å². The molecule has 5 heteroatoms. The van der Waals surface area contributed by atoms with Crippen molar-refractivity contribution in [3.05, 3.63) is 35.4 Å². The first-order valence-electron chi connectivity index (χ1n) is 4.70. The second-order valence-corrected chi connectivity index (χ2v) is 3.34. The number of carboxylic acid groups (broad SMARTS) is 1. The van der Waals surface area contributed by atoms with E-state index in [-0.39, 0.29) is 6.42 Å². The van der Waals surface area contributed by atoms with Crippen LogP contribution in [0.1, 0.15) is 15.9 Å². The van der Waals surface area contributed by atoms with E-state index < -0.39 is 18.0 Å². The molecule has 0 aliphatic carbocycles. The van der Waals surface area contributed by atoms with Crippen molar-refractivity contribution >= 4 is 11.9 Å². The smallest absolute Gasteiger partial charge is 0.337 e. The van der Waals surface area contributed by atoms with Crippen molar-refractivity contribution in [2.24, 2.45) is 5.73 Å². The van der Waals surface area contributed by atoms with Gasteiger partial charge in [-0.2, -0.15) is 0 Å². The molecule has 0 amide bonds. The summed E-state index contributed by atoms with van der Waals surface area (Å²) < 4.78 is 4.54. The summed E-state index contributed by atoms with van der Waals surface area (Å²) >= 11 is 0. The Balaban J connectivity index is 2.72. The minimum atomic E-state index is -1.04. The third kappa shape index (κ3) is 3.06. The molecule has 0 bridgehead atoms. The topological polar surface area (TPSA) is 89.6 Å². The first-order chi connectivity index (χ1) is 7.54. The minimum Gasteiger partial charge on any atom is -0.480 e. The zero-order valence-electron chi connectivity index (χ0n) is 8.84. The maximum absolute atomic E-state index is 11.1. The first-order valence-corrected chi connectivity index (χ1v) is 4.70. The van der Waals surface area contributed by atoms with Crippen LogP contribution in [-0.2, 0) is 16.0 Å². The molecule has 0 aliphatic heterocycles. The zero-order valence-corrected chi connectivity index (χ0v) is 8.84. The Bertz CT molecular complexity index is 385. The van der Waals surface area contributed by atoms with Crippen LogP contribution in [0.25, 0.3) is 0 Å². The van der Waals surface area contributed by atoms with Crippen LogP contribution in [0.3, 0.4) is 0 Å². The summed E-state index contributed by atoms with van der Waals surface area (Å²) in [6.07, 6.45) is 0.233. The second-order valence-electron chi connectivity index (χ2n) is 3.34. The molecule has 0 aliphatic rings. The lowest BCUT2D eigenvalue weighted by Gasteiger charge is -2.06. The summed E-state index contributed by atoms with van der Waals surface area (Å²) in [7, 11) is 1.30. The fourth-order valence-electron chi connectivity index (χ4n) is 1.24. The van der Waals surface area contributed by atoms with Crippen LogP contribution in [0, 0.1) is 0 Å². The largest absolute Gasteiger partial charge is 0.480 e. The fourth-order valence-corrected chi connectivity index (χ4v) is 1.24. The highest BCUT2D eigenvalue weighted by Gasteiger charge is 2.12. The molecule has 86 valence electrons. The predicted molar refractivity (Wildman–Crippen MR) is 57.1 cm³/mol. The van der Waals surface area contributed by atoms with Crippen LogP contribution in [0.4, 0.5) is 0 Å². The number of hydrogen-bond acceptors (Lipinski definition) is 4. The average molecular weight is 223 g/mol. The summed E-state index contributed by atoms with van der Waals surface area (Å²) in [6.45, 7) is 0. The highest BCUT2D eigenvalue weighted by Crippen LogP contribution is 2.07. The minimum absolute atomic E-state index is 0.233. The van der Waals surface area contributed by atoms with Gasteiger partial charge in [0.1, 0.15) is 6.04 Å². The van der Waals surface area contributed by atoms with Gasteiger partial charge in [0, 0.05) is 0 Å². The SMILES string of the molecule is COC(=O)c1ccc(C[C@H](N)C(=O)O)cc1. The van der Waals surface area contributed by atoms with E-state index in [1.165, 1.54) is 7.11 Å². The Morgan fingerprint density at radius 3 is 2.38 bits per heavy atom. The van der Waals surface area contributed by atoms with Gasteiger partial charge in [0.15, 0.2) is 0 Å². The van der Waals surface area contributed by atoms with Gasteiger partial charge in [-0.3, -0.25) is 4.79 Å². The normalized spacial score (nSPS) is 11.9. The van der Waals surface area contributed by atoms with Crippen molar-refractivity contribution in [2.75, 3.05) is 7.11 Å². The number of rotatable bonds is 4. The maximum atomic E-state index is 11.1. The van der Waals surface area contributed by atoms with Gasteiger partial charge in [0.05, 0.1) is 12.7 Å². The number of carboxylic acids is 1. The third-order valence-corrected chi connectivity index (χ3v) is 2.15. The molecule has 0 saturated carbocycles. The van der Waals surface area contributed by atoms with Gasteiger partial charge >= 0.3 is 11.9 Å². The Morgan fingerprint density at radius 1 is 1.38 bits per heavy atom. The molecular formula is C11H13NO4. The Kier molecular flexibility index (Phi) is 4.02. The number of hydrogen-bond donors (Lipinski definition) is 2. The van der Waals surface area contributed by atoms with Gasteiger partial charge in [-0.25, -0.2) is 4.79 Å². The van der Waals surface area contributed by atoms with Crippen LogP contribution < -0.4 is 5.73 Å². The summed E-state index contributed by atoms with van der Waals surface area (Å²) in [5.74, 6) is -1.47. The van der Waals surface area contributed by atoms with Crippen LogP contribution in [-0.4, -0.2) is 30.2 Å². The number of benzene rings is 1. The van der Waals surface area contributed by atoms with Gasteiger partial charge < -0.3 is 15.6 Å². The van der Waals surface area contributed by atoms with Crippen molar-refractivity contribution < 1.29 is 19.4 Å². The van der Waals surface area contributed by atoms with Crippen molar-refractivity contribution in [1.82, 2.24) is 0 Å². The molecule has 0 aromatic heterocycles. The van der Waals surface area contributed by atoms with Crippen LogP contribution >= 0.6 is 0 Å². The van der Waals surface area contributed by atoms with Crippen LogP contribution in [0.2, 0.25) is 0 Å². The first kappa shape index (κ1) is 12.2. The fraction of sp³-hybridized carbons (Fsp3) is 0.273. The highest BCUT2D eigenvalue weighted by molar-refractivity contribution is 5.89. The summed E-state index contributed by atoms with van der Waals surface area (Å²) in [6, 6.07) is 5.55. The van der Waals surface area contributed by atoms with E-state index >= 15 is 0 Å². The zero-order chi connectivity index (χ0) is 12.1. The molecule has 5 nitrogen and oxygen atoms in total. The standard InChI is InChI=1S/C11H13NO4/c1-16-11(15)8-4-2-7(3-5-8)6-9(12)10(13)14/h2-5,9H,6,12H2,1H3,(H,13,14)/t9-/m0/s1. The van der Waals surface area contributed by atoms with Gasteiger partial charge in [0.2, 0.25) is 0 Å². The summed E-state index contributed by atoms with van der Waals surface area (Å²) in [5, 5.41) is 8.63. The van der Waals surface area contributed by atoms with Gasteiger partial charge in [0.25, 0.3) is 0 Å². The molecule has 0 fully saturated rings. The van der Waals surface area contributed by atoms with E-state index in [0.717, 1.165) is 5.56 Å². The van der Waals surface area contributed by atoms with Crippen molar-refractivity contribution in [3.63, 3.8) is 0 Å². The molecule has 0 heterocycles. The Labute approximate surface area is 92.8 Å². The highest BCUT2D eigenvalue weighted by atomic mass is 16.5. The predicted octanol–water partition coefficient (Wildman–Crippen LogP) is 0.428. The number of esters is 1. The number of aliphatic carboxylic acids is 1. The monoisotopic (exact) mass is 223 g/mol. The van der Waals surface area contributed by atoms with E-state index in [1.54, 1.807) is 24.3 Å². The van der Waals surface area contributed by atoms with Gasteiger partial charge in [-0.15, -0.1) is 0 Å². The molecule has 1 aromatic rings. The summed E-state index contributed by atoms with van der Waals surface area (Å²) in [5.41, 5.74) is 6.57. The number of carbonyl (C=O) groups is 2. The molecular weight excluding hydrogens is 210 g/mol. The van der Waals surface area contributed by atoms with E-state index in [9.17, 15) is 9.59 Å². The Hall–Kier alpha value is -1.88. The molecule has 16 heavy (non-hydrogen) atoms. The van der Waals surface area contributed by atoms with Gasteiger partial charge in [-0.1, -0.05) is 12.1 Å². The van der Waals surface area contributed by atoms with Crippen LogP contribution in [0.15, 0.2) is 24.3 Å². The third-order valence-electron chi connectivity index (χ3n) is 2.15. The molecule has 0 radical (unpaired) electrons. The van der Waals surface area contributed by atoms with Crippen LogP contribution in [0.5, 0.6) is 0 Å². The lowest BCUT2D eigenvalue weighted by Crippen LogP contribution is -2.32. The van der Waals surface area contributed by atoms with E-state index in [0.29, 0.717) is 5.56 Å². The average Bonchev–Trinajstić information content (AvgIpc) is 2.28. The quantitative estimate of drug-likeness (QED) is 0.722. The second kappa shape index (κ2) is 5.27. The van der Waals surface area contributed by atoms with E-state index in [1.807, 2.05) is 0 Å². The molecule has 0 unspecified atom stereocenters. The Morgan fingerprint density at radius 2 is 1.94 bits per heavy atom. The molecule has 1 aromatic carbocycles. The van der Waals surface area contributed by atoms with Gasteiger partial charge in [-0.05, 0) is 24.1 Å². The number of carbonyl (C=O) groups excluding carboxylic acids is 1. The molecule has 1 rings (SSSR count). The lowest BCUT2D eigenvalue weighted by molar-refractivity contribution is -0.138. The molecule has 1 atom stereocenters. The number of methoxy groups -OCH3 is 1. The molecule has 0 saturated heterocycles. The summed E-state index contributed by atoms with van der Waals surface area (Å²) in [4.78, 5) is 21.6. The van der Waals surface area contributed by atoms with E-state index in [4.69, 9.17) is 10.8 Å². The van der Waals surface area contributed by atoms with Crippen molar-refractivity contribution in [1.29, 1.82) is 0 Å². The maximum Gasteiger partial charge on any atom is 0.337 e. The van der Waals surface area contributed by atoms with Crippen molar-refractivity contribution in [3.8, 4) is 0 Å². The number of nitrogens with two attached hydrogens (primary N) is 1. The molecule has 0 spiro atoms. The number of ether oxygens (including phenoxy) is 1. The van der Waals surface area contributed by atoms with Crippen molar-refractivity contribution in [2.45, 2.75) is 12.5 Å².